The van der Waals surface area contributed by atoms with Crippen LogP contribution < -0.4 is 21.7 Å². The van der Waals surface area contributed by atoms with E-state index in [-0.39, 0.29) is 23.2 Å². The van der Waals surface area contributed by atoms with Crippen molar-refractivity contribution in [3.05, 3.63) is 41.0 Å². The number of rotatable bonds is 8. The summed E-state index contributed by atoms with van der Waals surface area (Å²) in [4.78, 5) is 32.6. The lowest BCUT2D eigenvalue weighted by atomic mass is 10.1. The Morgan fingerprint density at radius 2 is 1.88 bits per heavy atom. The minimum absolute atomic E-state index is 0.0868. The molecule has 2 rings (SSSR count). The van der Waals surface area contributed by atoms with Crippen LogP contribution >= 0.6 is 0 Å². The molecule has 0 bridgehead atoms. The summed E-state index contributed by atoms with van der Waals surface area (Å²) >= 11 is 0. The van der Waals surface area contributed by atoms with E-state index in [0.29, 0.717) is 12.1 Å². The van der Waals surface area contributed by atoms with E-state index in [2.05, 4.69) is 25.9 Å². The number of nitrogens with one attached hydrogen (secondary N) is 3. The van der Waals surface area contributed by atoms with Gasteiger partial charge < -0.3 is 26.4 Å². The van der Waals surface area contributed by atoms with Gasteiger partial charge in [-0.25, -0.2) is 14.2 Å². The van der Waals surface area contributed by atoms with Gasteiger partial charge in [-0.1, -0.05) is 6.92 Å². The summed E-state index contributed by atoms with van der Waals surface area (Å²) in [6.45, 7) is 12.8. The molecule has 0 aliphatic carbocycles. The first-order valence-electron chi connectivity index (χ1n) is 10.8. The maximum atomic E-state index is 14.8. The topological polar surface area (TPSA) is 131 Å². The van der Waals surface area contributed by atoms with Gasteiger partial charge in [0.15, 0.2) is 11.6 Å². The molecular formula is C23H33FN6O3. The summed E-state index contributed by atoms with van der Waals surface area (Å²) in [6.07, 6.45) is 1.59. The maximum Gasteiger partial charge on any atom is 0.407 e. The standard InChI is InChI=1S/C23H33FN6O3/c1-8-18(29-22(32)33-23(5,6)7)14(4)27-21-17(24)10-16(19(25)31)20(30-21)28-15-9-12(2)13(3)26-11-15/h9-11,14,18H,8H2,1-7H3,(H2,25,31)(H,29,32)(H2,27,28,30)/t14-,18+/m1/s1. The van der Waals surface area contributed by atoms with Crippen LogP contribution in [0.25, 0.3) is 0 Å². The largest absolute Gasteiger partial charge is 0.444 e. The number of nitrogens with zero attached hydrogens (tertiary/aromatic N) is 2. The summed E-state index contributed by atoms with van der Waals surface area (Å²) in [6, 6.07) is 2.10. The highest BCUT2D eigenvalue weighted by Gasteiger charge is 2.24. The summed E-state index contributed by atoms with van der Waals surface area (Å²) in [5.74, 6) is -1.56. The molecule has 0 aromatic carbocycles. The minimum Gasteiger partial charge on any atom is -0.444 e. The number of primary amides is 1. The third-order valence-electron chi connectivity index (χ3n) is 4.95. The number of carbonyl (C=O) groups excluding carboxylic acids is 2. The van der Waals surface area contributed by atoms with E-state index >= 15 is 0 Å². The lowest BCUT2D eigenvalue weighted by Crippen LogP contribution is -2.47. The van der Waals surface area contributed by atoms with Crippen molar-refractivity contribution in [1.29, 1.82) is 0 Å². The molecule has 5 N–H and O–H groups in total. The van der Waals surface area contributed by atoms with Crippen LogP contribution in [0.3, 0.4) is 0 Å². The molecule has 0 saturated carbocycles. The van der Waals surface area contributed by atoms with Gasteiger partial charge in [0.2, 0.25) is 0 Å². The lowest BCUT2D eigenvalue weighted by Gasteiger charge is -2.27. The summed E-state index contributed by atoms with van der Waals surface area (Å²) in [5, 5.41) is 8.76. The van der Waals surface area contributed by atoms with Crippen LogP contribution in [0.1, 0.15) is 62.7 Å². The van der Waals surface area contributed by atoms with Crippen LogP contribution in [0.15, 0.2) is 18.3 Å². The zero-order valence-corrected chi connectivity index (χ0v) is 20.2. The molecule has 2 aromatic rings. The molecule has 33 heavy (non-hydrogen) atoms. The van der Waals surface area contributed by atoms with Gasteiger partial charge in [-0.3, -0.25) is 9.78 Å². The highest BCUT2D eigenvalue weighted by Crippen LogP contribution is 2.25. The number of ether oxygens (including phenoxy) is 1. The van der Waals surface area contributed by atoms with Crippen molar-refractivity contribution in [1.82, 2.24) is 15.3 Å². The SMILES string of the molecule is CC[C@H](NC(=O)OC(C)(C)C)[C@@H](C)Nc1nc(Nc2cnc(C)c(C)c2)c(C(N)=O)cc1F. The predicted octanol–water partition coefficient (Wildman–Crippen LogP) is 4.18. The Hall–Kier alpha value is -3.43. The number of amides is 2. The molecule has 2 atom stereocenters. The van der Waals surface area contributed by atoms with Crippen molar-refractivity contribution in [3.8, 4) is 0 Å². The molecule has 0 aliphatic heterocycles. The summed E-state index contributed by atoms with van der Waals surface area (Å²) in [7, 11) is 0. The average molecular weight is 461 g/mol. The Morgan fingerprint density at radius 1 is 1.21 bits per heavy atom. The zero-order chi connectivity index (χ0) is 24.9. The predicted molar refractivity (Wildman–Crippen MR) is 126 cm³/mol. The molecule has 0 spiro atoms. The number of hydrogen-bond donors (Lipinski definition) is 4. The van der Waals surface area contributed by atoms with Crippen molar-refractivity contribution >= 4 is 29.3 Å². The Morgan fingerprint density at radius 3 is 2.42 bits per heavy atom. The Labute approximate surface area is 193 Å². The van der Waals surface area contributed by atoms with Crippen molar-refractivity contribution in [2.45, 2.75) is 72.6 Å². The van der Waals surface area contributed by atoms with Gasteiger partial charge >= 0.3 is 6.09 Å². The second kappa shape index (κ2) is 10.5. The van der Waals surface area contributed by atoms with Gasteiger partial charge in [0, 0.05) is 11.7 Å². The van der Waals surface area contributed by atoms with Crippen molar-refractivity contribution in [3.63, 3.8) is 0 Å². The van der Waals surface area contributed by atoms with Crippen LogP contribution in [0.4, 0.5) is 26.5 Å². The number of alkyl carbamates (subject to hydrolysis) is 1. The number of nitrogens with two attached hydrogens (primary N) is 1. The van der Waals surface area contributed by atoms with Crippen molar-refractivity contribution < 1.29 is 18.7 Å². The fourth-order valence-electron chi connectivity index (χ4n) is 3.08. The highest BCUT2D eigenvalue weighted by atomic mass is 19.1. The number of aromatic nitrogens is 2. The zero-order valence-electron chi connectivity index (χ0n) is 20.2. The smallest absolute Gasteiger partial charge is 0.407 e. The second-order valence-corrected chi connectivity index (χ2v) is 8.92. The first kappa shape index (κ1) is 25.8. The molecule has 2 aromatic heterocycles. The van der Waals surface area contributed by atoms with E-state index in [1.54, 1.807) is 33.9 Å². The van der Waals surface area contributed by atoms with Crippen LogP contribution in [-0.4, -0.2) is 39.7 Å². The molecule has 2 amide bonds. The normalized spacial score (nSPS) is 13.1. The number of pyridine rings is 2. The molecule has 0 aliphatic rings. The summed E-state index contributed by atoms with van der Waals surface area (Å²) in [5.41, 5.74) is 7.08. The van der Waals surface area contributed by atoms with Gasteiger partial charge in [0.1, 0.15) is 11.4 Å². The molecule has 0 saturated heterocycles. The van der Waals surface area contributed by atoms with Crippen LogP contribution in [0, 0.1) is 19.7 Å². The third kappa shape index (κ3) is 7.30. The molecule has 180 valence electrons. The molecule has 0 unspecified atom stereocenters. The molecular weight excluding hydrogens is 427 g/mol. The Balaban J connectivity index is 2.28. The van der Waals surface area contributed by atoms with E-state index in [1.165, 1.54) is 0 Å². The van der Waals surface area contributed by atoms with E-state index in [1.807, 2.05) is 26.8 Å². The van der Waals surface area contributed by atoms with Crippen molar-refractivity contribution in [2.75, 3.05) is 10.6 Å². The summed E-state index contributed by atoms with van der Waals surface area (Å²) < 4.78 is 20.1. The number of hydrogen-bond acceptors (Lipinski definition) is 7. The maximum absolute atomic E-state index is 14.8. The van der Waals surface area contributed by atoms with E-state index in [0.717, 1.165) is 17.3 Å². The molecule has 2 heterocycles. The highest BCUT2D eigenvalue weighted by molar-refractivity contribution is 5.98. The monoisotopic (exact) mass is 460 g/mol. The average Bonchev–Trinajstić information content (AvgIpc) is 2.69. The molecule has 0 radical (unpaired) electrons. The molecule has 9 nitrogen and oxygen atoms in total. The fourth-order valence-corrected chi connectivity index (χ4v) is 3.08. The van der Waals surface area contributed by atoms with Gasteiger partial charge in [-0.05, 0) is 65.7 Å². The van der Waals surface area contributed by atoms with Crippen LogP contribution in [-0.2, 0) is 4.74 Å². The lowest BCUT2D eigenvalue weighted by molar-refractivity contribution is 0.0498. The molecule has 10 heteroatoms. The number of anilines is 3. The fraction of sp³-hybridized carbons (Fsp3) is 0.478. The van der Waals surface area contributed by atoms with Gasteiger partial charge in [-0.2, -0.15) is 0 Å². The van der Waals surface area contributed by atoms with E-state index < -0.39 is 29.5 Å². The van der Waals surface area contributed by atoms with E-state index in [9.17, 15) is 14.0 Å². The van der Waals surface area contributed by atoms with Crippen LogP contribution in [0.2, 0.25) is 0 Å². The van der Waals surface area contributed by atoms with Gasteiger partial charge in [0.25, 0.3) is 5.91 Å². The Bertz CT molecular complexity index is 1020. The Kier molecular flexibility index (Phi) is 8.18. The van der Waals surface area contributed by atoms with Crippen LogP contribution in [0.5, 0.6) is 0 Å². The van der Waals surface area contributed by atoms with Gasteiger partial charge in [-0.15, -0.1) is 0 Å². The van der Waals surface area contributed by atoms with Gasteiger partial charge in [0.05, 0.1) is 23.5 Å². The number of aryl methyl sites for hydroxylation is 2. The third-order valence-corrected chi connectivity index (χ3v) is 4.95. The van der Waals surface area contributed by atoms with E-state index in [4.69, 9.17) is 10.5 Å². The quantitative estimate of drug-likeness (QED) is 0.465. The van der Waals surface area contributed by atoms with Crippen molar-refractivity contribution in [2.24, 2.45) is 5.73 Å². The first-order valence-corrected chi connectivity index (χ1v) is 10.8. The number of halogens is 1. The first-order chi connectivity index (χ1) is 15.3. The second-order valence-electron chi connectivity index (χ2n) is 8.92. The molecule has 0 fully saturated rings. The minimum atomic E-state index is -0.821. The number of carbonyl (C=O) groups is 2.